The third-order valence-corrected chi connectivity index (χ3v) is 2.33. The zero-order chi connectivity index (χ0) is 10.5. The number of hydrogen-bond donors (Lipinski definition) is 0. The first-order valence-electron chi connectivity index (χ1n) is 4.88. The molecular formula is C13H12NO+. The van der Waals surface area contributed by atoms with Gasteiger partial charge in [0.25, 0.3) is 0 Å². The van der Waals surface area contributed by atoms with E-state index in [1.165, 1.54) is 0 Å². The fourth-order valence-corrected chi connectivity index (χ4v) is 1.57. The van der Waals surface area contributed by atoms with Crippen molar-refractivity contribution >= 4 is 6.29 Å². The SMILES string of the molecule is O=CC(c1ccccc1)[n+]1ccccc1. The number of rotatable bonds is 3. The highest BCUT2D eigenvalue weighted by Crippen LogP contribution is 2.08. The van der Waals surface area contributed by atoms with Gasteiger partial charge in [0.2, 0.25) is 6.04 Å². The summed E-state index contributed by atoms with van der Waals surface area (Å²) in [7, 11) is 0. The van der Waals surface area contributed by atoms with Crippen LogP contribution in [-0.4, -0.2) is 6.29 Å². The molecule has 0 N–H and O–H groups in total. The molecule has 0 spiro atoms. The summed E-state index contributed by atoms with van der Waals surface area (Å²) in [5.41, 5.74) is 1.00. The fourth-order valence-electron chi connectivity index (χ4n) is 1.57. The van der Waals surface area contributed by atoms with Crippen LogP contribution in [-0.2, 0) is 4.79 Å². The van der Waals surface area contributed by atoms with Crippen molar-refractivity contribution in [3.63, 3.8) is 0 Å². The van der Waals surface area contributed by atoms with E-state index in [0.717, 1.165) is 11.8 Å². The fraction of sp³-hybridized carbons (Fsp3) is 0.0769. The molecule has 2 rings (SSSR count). The van der Waals surface area contributed by atoms with Crippen molar-refractivity contribution in [2.75, 3.05) is 0 Å². The maximum atomic E-state index is 11.1. The second-order valence-electron chi connectivity index (χ2n) is 3.31. The number of hydrogen-bond acceptors (Lipinski definition) is 1. The van der Waals surface area contributed by atoms with Gasteiger partial charge >= 0.3 is 0 Å². The van der Waals surface area contributed by atoms with Crippen molar-refractivity contribution in [1.29, 1.82) is 0 Å². The Kier molecular flexibility index (Phi) is 2.88. The molecule has 1 aromatic heterocycles. The van der Waals surface area contributed by atoms with Gasteiger partial charge in [0.15, 0.2) is 18.7 Å². The van der Waals surface area contributed by atoms with Gasteiger partial charge in [-0.2, -0.15) is 4.57 Å². The van der Waals surface area contributed by atoms with Crippen molar-refractivity contribution in [1.82, 2.24) is 0 Å². The van der Waals surface area contributed by atoms with E-state index in [-0.39, 0.29) is 6.04 Å². The number of aromatic nitrogens is 1. The van der Waals surface area contributed by atoms with E-state index in [0.29, 0.717) is 0 Å². The summed E-state index contributed by atoms with van der Waals surface area (Å²) in [5.74, 6) is 0. The molecule has 0 radical (unpaired) electrons. The molecule has 2 aromatic rings. The summed E-state index contributed by atoms with van der Waals surface area (Å²) < 4.78 is 1.89. The Morgan fingerprint density at radius 2 is 1.53 bits per heavy atom. The molecular weight excluding hydrogens is 186 g/mol. The molecule has 0 bridgehead atoms. The summed E-state index contributed by atoms with van der Waals surface area (Å²) in [6.45, 7) is 0. The Labute approximate surface area is 88.8 Å². The van der Waals surface area contributed by atoms with Crippen molar-refractivity contribution < 1.29 is 9.36 Å². The van der Waals surface area contributed by atoms with Crippen molar-refractivity contribution in [3.8, 4) is 0 Å². The third-order valence-electron chi connectivity index (χ3n) is 2.33. The van der Waals surface area contributed by atoms with Gasteiger partial charge in [-0.3, -0.25) is 4.79 Å². The molecule has 0 saturated carbocycles. The second kappa shape index (κ2) is 4.51. The first kappa shape index (κ1) is 9.59. The number of benzene rings is 1. The normalized spacial score (nSPS) is 12.0. The van der Waals surface area contributed by atoms with Gasteiger partial charge in [0.1, 0.15) is 0 Å². The second-order valence-corrected chi connectivity index (χ2v) is 3.31. The van der Waals surface area contributed by atoms with Crippen LogP contribution in [0.1, 0.15) is 11.6 Å². The van der Waals surface area contributed by atoms with Gasteiger partial charge in [-0.05, 0) is 0 Å². The van der Waals surface area contributed by atoms with Gasteiger partial charge in [-0.25, -0.2) is 0 Å². The first-order valence-corrected chi connectivity index (χ1v) is 4.88. The van der Waals surface area contributed by atoms with Gasteiger partial charge in [-0.1, -0.05) is 36.4 Å². The minimum absolute atomic E-state index is 0.229. The quantitative estimate of drug-likeness (QED) is 0.544. The van der Waals surface area contributed by atoms with Crippen molar-refractivity contribution in [3.05, 3.63) is 66.5 Å². The highest BCUT2D eigenvalue weighted by molar-refractivity contribution is 5.59. The predicted octanol–water partition coefficient (Wildman–Crippen LogP) is 1.76. The Bertz CT molecular complexity index is 385. The van der Waals surface area contributed by atoms with E-state index >= 15 is 0 Å². The van der Waals surface area contributed by atoms with E-state index in [1.54, 1.807) is 0 Å². The molecule has 2 nitrogen and oxygen atoms in total. The zero-order valence-electron chi connectivity index (χ0n) is 8.28. The Hall–Kier alpha value is -1.96. The van der Waals surface area contributed by atoms with Crippen LogP contribution < -0.4 is 4.57 Å². The smallest absolute Gasteiger partial charge is 0.238 e. The average molecular weight is 198 g/mol. The number of carbonyl (C=O) groups excluding carboxylic acids is 1. The Balaban J connectivity index is 2.38. The molecule has 1 atom stereocenters. The van der Waals surface area contributed by atoms with Crippen molar-refractivity contribution in [2.24, 2.45) is 0 Å². The molecule has 1 unspecified atom stereocenters. The standard InChI is InChI=1S/C13H12NO/c15-11-13(12-7-3-1-4-8-12)14-9-5-2-6-10-14/h1-11,13H/q+1. The third kappa shape index (κ3) is 2.10. The Morgan fingerprint density at radius 1 is 0.933 bits per heavy atom. The van der Waals surface area contributed by atoms with Crippen LogP contribution in [0.15, 0.2) is 60.9 Å². The lowest BCUT2D eigenvalue weighted by molar-refractivity contribution is -0.698. The maximum absolute atomic E-state index is 11.1. The molecule has 1 aromatic carbocycles. The van der Waals surface area contributed by atoms with Gasteiger partial charge in [-0.15, -0.1) is 0 Å². The molecule has 0 aliphatic heterocycles. The lowest BCUT2D eigenvalue weighted by Gasteiger charge is -2.04. The molecule has 74 valence electrons. The highest BCUT2D eigenvalue weighted by atomic mass is 16.1. The summed E-state index contributed by atoms with van der Waals surface area (Å²) in [5, 5.41) is 0. The monoisotopic (exact) mass is 198 g/mol. The number of aldehydes is 1. The molecule has 0 aliphatic carbocycles. The van der Waals surface area contributed by atoms with Crippen LogP contribution in [0.2, 0.25) is 0 Å². The van der Waals surface area contributed by atoms with E-state index in [4.69, 9.17) is 0 Å². The van der Waals surface area contributed by atoms with Crippen LogP contribution >= 0.6 is 0 Å². The topological polar surface area (TPSA) is 20.9 Å². The number of carbonyl (C=O) groups is 1. The van der Waals surface area contributed by atoms with Crippen LogP contribution in [0.3, 0.4) is 0 Å². The van der Waals surface area contributed by atoms with E-state index in [2.05, 4.69) is 0 Å². The van der Waals surface area contributed by atoms with Crippen molar-refractivity contribution in [2.45, 2.75) is 6.04 Å². The minimum atomic E-state index is -0.229. The largest absolute Gasteiger partial charge is 0.296 e. The van der Waals surface area contributed by atoms with Crippen LogP contribution in [0.5, 0.6) is 0 Å². The minimum Gasteiger partial charge on any atom is -0.296 e. The lowest BCUT2D eigenvalue weighted by atomic mass is 10.1. The Morgan fingerprint density at radius 3 is 2.13 bits per heavy atom. The summed E-state index contributed by atoms with van der Waals surface area (Å²) in [6.07, 6.45) is 4.74. The molecule has 0 saturated heterocycles. The first-order chi connectivity index (χ1) is 7.42. The van der Waals surface area contributed by atoms with Gasteiger partial charge < -0.3 is 0 Å². The average Bonchev–Trinajstić information content (AvgIpc) is 2.33. The molecule has 15 heavy (non-hydrogen) atoms. The number of nitrogens with zero attached hydrogens (tertiary/aromatic N) is 1. The molecule has 2 heteroatoms. The molecule has 1 heterocycles. The van der Waals surface area contributed by atoms with E-state index in [9.17, 15) is 4.79 Å². The molecule has 0 aliphatic rings. The summed E-state index contributed by atoms with van der Waals surface area (Å²) in [4.78, 5) is 11.1. The predicted molar refractivity (Wildman–Crippen MR) is 57.3 cm³/mol. The van der Waals surface area contributed by atoms with E-state index in [1.807, 2.05) is 65.5 Å². The zero-order valence-corrected chi connectivity index (χ0v) is 8.28. The maximum Gasteiger partial charge on any atom is 0.238 e. The summed E-state index contributed by atoms with van der Waals surface area (Å²) in [6, 6.07) is 15.3. The van der Waals surface area contributed by atoms with Gasteiger partial charge in [0.05, 0.1) is 0 Å². The van der Waals surface area contributed by atoms with Crippen LogP contribution in [0.4, 0.5) is 0 Å². The molecule has 0 amide bonds. The number of pyridine rings is 1. The highest BCUT2D eigenvalue weighted by Gasteiger charge is 2.18. The summed E-state index contributed by atoms with van der Waals surface area (Å²) >= 11 is 0. The van der Waals surface area contributed by atoms with Gasteiger partial charge in [0, 0.05) is 17.7 Å². The van der Waals surface area contributed by atoms with Crippen LogP contribution in [0.25, 0.3) is 0 Å². The lowest BCUT2D eigenvalue weighted by Crippen LogP contribution is -2.40. The van der Waals surface area contributed by atoms with Crippen LogP contribution in [0, 0.1) is 0 Å². The van der Waals surface area contributed by atoms with E-state index < -0.39 is 0 Å². The molecule has 0 fully saturated rings.